The molecule has 0 aliphatic carbocycles. The molecule has 0 aliphatic heterocycles. The van der Waals surface area contributed by atoms with E-state index in [-0.39, 0.29) is 0 Å². The molecule has 2 heterocycles. The summed E-state index contributed by atoms with van der Waals surface area (Å²) < 4.78 is 1.98. The SMILES string of the molecule is Cc1cc(-c2ccccc2)c2c(N)cn(C)c2n1. The summed E-state index contributed by atoms with van der Waals surface area (Å²) in [6.45, 7) is 2.01. The summed E-state index contributed by atoms with van der Waals surface area (Å²) in [6.07, 6.45) is 1.92. The monoisotopic (exact) mass is 237 g/mol. The van der Waals surface area contributed by atoms with Crippen molar-refractivity contribution < 1.29 is 0 Å². The summed E-state index contributed by atoms with van der Waals surface area (Å²) in [6, 6.07) is 12.4. The van der Waals surface area contributed by atoms with Gasteiger partial charge in [-0.1, -0.05) is 30.3 Å². The van der Waals surface area contributed by atoms with E-state index in [9.17, 15) is 0 Å². The van der Waals surface area contributed by atoms with Crippen LogP contribution in [0.5, 0.6) is 0 Å². The molecule has 3 nitrogen and oxygen atoms in total. The molecule has 90 valence electrons. The topological polar surface area (TPSA) is 43.8 Å². The van der Waals surface area contributed by atoms with Crippen LogP contribution in [-0.2, 0) is 7.05 Å². The molecule has 0 aliphatic rings. The molecular formula is C15H15N3. The van der Waals surface area contributed by atoms with Gasteiger partial charge in [-0.05, 0) is 24.1 Å². The average Bonchev–Trinajstić information content (AvgIpc) is 2.65. The smallest absolute Gasteiger partial charge is 0.142 e. The van der Waals surface area contributed by atoms with Gasteiger partial charge in [0.15, 0.2) is 0 Å². The normalized spacial score (nSPS) is 11.0. The molecule has 3 rings (SSSR count). The highest BCUT2D eigenvalue weighted by atomic mass is 15.0. The fraction of sp³-hybridized carbons (Fsp3) is 0.133. The first-order chi connectivity index (χ1) is 8.66. The zero-order valence-electron chi connectivity index (χ0n) is 10.5. The van der Waals surface area contributed by atoms with Crippen molar-refractivity contribution >= 4 is 16.7 Å². The quantitative estimate of drug-likeness (QED) is 0.706. The van der Waals surface area contributed by atoms with Crippen molar-refractivity contribution in [2.75, 3.05) is 5.73 Å². The van der Waals surface area contributed by atoms with Gasteiger partial charge in [0, 0.05) is 24.3 Å². The zero-order chi connectivity index (χ0) is 12.7. The first kappa shape index (κ1) is 10.8. The molecule has 2 N–H and O–H groups in total. The molecule has 18 heavy (non-hydrogen) atoms. The van der Waals surface area contributed by atoms with Gasteiger partial charge in [0.2, 0.25) is 0 Å². The number of benzene rings is 1. The van der Waals surface area contributed by atoms with Crippen molar-refractivity contribution in [3.63, 3.8) is 0 Å². The van der Waals surface area contributed by atoms with Gasteiger partial charge in [0.1, 0.15) is 5.65 Å². The van der Waals surface area contributed by atoms with Crippen LogP contribution in [0.1, 0.15) is 5.69 Å². The molecule has 3 aromatic rings. The summed E-state index contributed by atoms with van der Waals surface area (Å²) in [7, 11) is 1.97. The van der Waals surface area contributed by atoms with E-state index in [4.69, 9.17) is 5.73 Å². The van der Waals surface area contributed by atoms with Crippen LogP contribution in [0.25, 0.3) is 22.2 Å². The summed E-state index contributed by atoms with van der Waals surface area (Å²) in [5.41, 5.74) is 11.1. The largest absolute Gasteiger partial charge is 0.397 e. The first-order valence-corrected chi connectivity index (χ1v) is 5.94. The van der Waals surface area contributed by atoms with Gasteiger partial charge in [-0.15, -0.1) is 0 Å². The Morgan fingerprint density at radius 1 is 1.17 bits per heavy atom. The van der Waals surface area contributed by atoms with Gasteiger partial charge < -0.3 is 10.3 Å². The molecule has 2 aromatic heterocycles. The third-order valence-electron chi connectivity index (χ3n) is 3.17. The van der Waals surface area contributed by atoms with Crippen molar-refractivity contribution in [1.29, 1.82) is 0 Å². The first-order valence-electron chi connectivity index (χ1n) is 5.94. The van der Waals surface area contributed by atoms with Crippen LogP contribution in [0.4, 0.5) is 5.69 Å². The minimum absolute atomic E-state index is 0.777. The Hall–Kier alpha value is -2.29. The highest BCUT2D eigenvalue weighted by Crippen LogP contribution is 2.33. The Labute approximate surface area is 106 Å². The highest BCUT2D eigenvalue weighted by Gasteiger charge is 2.12. The standard InChI is InChI=1S/C15H15N3/c1-10-8-12(11-6-4-3-5-7-11)14-13(16)9-18(2)15(14)17-10/h3-9H,16H2,1-2H3. The van der Waals surface area contributed by atoms with E-state index in [1.807, 2.05) is 42.9 Å². The molecule has 0 amide bonds. The number of aryl methyl sites for hydroxylation is 2. The maximum absolute atomic E-state index is 6.10. The average molecular weight is 237 g/mol. The van der Waals surface area contributed by atoms with Gasteiger partial charge in [0.25, 0.3) is 0 Å². The van der Waals surface area contributed by atoms with E-state index in [2.05, 4.69) is 23.2 Å². The Kier molecular flexibility index (Phi) is 2.33. The van der Waals surface area contributed by atoms with Gasteiger partial charge in [-0.25, -0.2) is 4.98 Å². The minimum Gasteiger partial charge on any atom is -0.397 e. The number of hydrogen-bond acceptors (Lipinski definition) is 2. The van der Waals surface area contributed by atoms with Crippen molar-refractivity contribution in [2.24, 2.45) is 7.05 Å². The van der Waals surface area contributed by atoms with Gasteiger partial charge in [-0.2, -0.15) is 0 Å². The summed E-state index contributed by atoms with van der Waals surface area (Å²) in [5.74, 6) is 0. The third-order valence-corrected chi connectivity index (χ3v) is 3.17. The lowest BCUT2D eigenvalue weighted by atomic mass is 10.0. The van der Waals surface area contributed by atoms with Crippen molar-refractivity contribution in [3.8, 4) is 11.1 Å². The molecule has 0 bridgehead atoms. The van der Waals surface area contributed by atoms with Crippen LogP contribution in [0.2, 0.25) is 0 Å². The second-order valence-electron chi connectivity index (χ2n) is 4.57. The molecule has 0 radical (unpaired) electrons. The molecule has 0 atom stereocenters. The predicted octanol–water partition coefficient (Wildman–Crippen LogP) is 3.13. The Bertz CT molecular complexity index is 711. The Morgan fingerprint density at radius 2 is 1.89 bits per heavy atom. The Balaban J connectivity index is 2.42. The zero-order valence-corrected chi connectivity index (χ0v) is 10.5. The molecular weight excluding hydrogens is 222 g/mol. The number of aromatic nitrogens is 2. The van der Waals surface area contributed by atoms with Crippen molar-refractivity contribution in [1.82, 2.24) is 9.55 Å². The lowest BCUT2D eigenvalue weighted by molar-refractivity contribution is 0.944. The van der Waals surface area contributed by atoms with Crippen molar-refractivity contribution in [2.45, 2.75) is 6.92 Å². The fourth-order valence-corrected chi connectivity index (χ4v) is 2.38. The number of rotatable bonds is 1. The molecule has 3 heteroatoms. The van der Waals surface area contributed by atoms with Crippen LogP contribution < -0.4 is 5.73 Å². The van der Waals surface area contributed by atoms with E-state index in [1.165, 1.54) is 5.56 Å². The maximum atomic E-state index is 6.10. The number of pyridine rings is 1. The lowest BCUT2D eigenvalue weighted by Crippen LogP contribution is -1.92. The fourth-order valence-electron chi connectivity index (χ4n) is 2.38. The molecule has 0 fully saturated rings. The van der Waals surface area contributed by atoms with Gasteiger partial charge in [0.05, 0.1) is 5.69 Å². The van der Waals surface area contributed by atoms with Gasteiger partial charge >= 0.3 is 0 Å². The minimum atomic E-state index is 0.777. The summed E-state index contributed by atoms with van der Waals surface area (Å²) in [4.78, 5) is 4.57. The van der Waals surface area contributed by atoms with Crippen molar-refractivity contribution in [3.05, 3.63) is 48.3 Å². The summed E-state index contributed by atoms with van der Waals surface area (Å²) >= 11 is 0. The van der Waals surface area contributed by atoms with E-state index in [1.54, 1.807) is 0 Å². The van der Waals surface area contributed by atoms with Gasteiger partial charge in [-0.3, -0.25) is 0 Å². The molecule has 0 unspecified atom stereocenters. The number of anilines is 1. The number of nitrogens with two attached hydrogens (primary N) is 1. The summed E-state index contributed by atoms with van der Waals surface area (Å²) in [5, 5.41) is 1.04. The number of nitrogens with zero attached hydrogens (tertiary/aromatic N) is 2. The highest BCUT2D eigenvalue weighted by molar-refractivity contribution is 6.02. The maximum Gasteiger partial charge on any atom is 0.142 e. The van der Waals surface area contributed by atoms with Crippen LogP contribution in [0.15, 0.2) is 42.6 Å². The Morgan fingerprint density at radius 3 is 2.61 bits per heavy atom. The number of hydrogen-bond donors (Lipinski definition) is 1. The van der Waals surface area contributed by atoms with E-state index < -0.39 is 0 Å². The van der Waals surface area contributed by atoms with Crippen LogP contribution in [0.3, 0.4) is 0 Å². The van der Waals surface area contributed by atoms with Crippen LogP contribution >= 0.6 is 0 Å². The number of fused-ring (bicyclic) bond motifs is 1. The van der Waals surface area contributed by atoms with E-state index in [0.717, 1.165) is 28.0 Å². The van der Waals surface area contributed by atoms with E-state index >= 15 is 0 Å². The molecule has 0 saturated carbocycles. The van der Waals surface area contributed by atoms with Crippen LogP contribution in [0, 0.1) is 6.92 Å². The van der Waals surface area contributed by atoms with E-state index in [0.29, 0.717) is 0 Å². The molecule has 0 saturated heterocycles. The molecule has 1 aromatic carbocycles. The third kappa shape index (κ3) is 1.56. The lowest BCUT2D eigenvalue weighted by Gasteiger charge is -2.06. The second kappa shape index (κ2) is 3.88. The second-order valence-corrected chi connectivity index (χ2v) is 4.57. The number of nitrogen functional groups attached to an aromatic ring is 1. The predicted molar refractivity (Wildman–Crippen MR) is 75.3 cm³/mol. The molecule has 0 spiro atoms. The van der Waals surface area contributed by atoms with Crippen LogP contribution in [-0.4, -0.2) is 9.55 Å².